The predicted octanol–water partition coefficient (Wildman–Crippen LogP) is 3.00. The fourth-order valence-electron chi connectivity index (χ4n) is 2.39. The minimum atomic E-state index is 0.107. The molecule has 2 aromatic rings. The second-order valence-electron chi connectivity index (χ2n) is 4.91. The number of nitrogens with zero attached hydrogens (tertiary/aromatic N) is 2. The number of aromatic nitrogens is 2. The maximum absolute atomic E-state index is 6.36. The van der Waals surface area contributed by atoms with Gasteiger partial charge in [0.25, 0.3) is 0 Å². The van der Waals surface area contributed by atoms with Crippen LogP contribution < -0.4 is 5.73 Å². The maximum Gasteiger partial charge on any atom is 0.0522 e. The fraction of sp³-hybridized carbons (Fsp3) is 0.500. The molecule has 0 spiro atoms. The molecule has 0 bridgehead atoms. The smallest absolute Gasteiger partial charge is 0.0522 e. The standard InChI is InChI=1S/C14H19N3S2/c1-2-17-8-10(7-16-17)5-12(15)14-6-11-9-18-4-3-13(11)19-14/h6-8,12H,2-5,9,15H2,1H3. The molecule has 5 heteroatoms. The summed E-state index contributed by atoms with van der Waals surface area (Å²) in [6.07, 6.45) is 6.13. The van der Waals surface area contributed by atoms with E-state index in [2.05, 4.69) is 24.3 Å². The second-order valence-corrected chi connectivity index (χ2v) is 7.19. The summed E-state index contributed by atoms with van der Waals surface area (Å²) in [5.41, 5.74) is 9.10. The summed E-state index contributed by atoms with van der Waals surface area (Å²) in [5.74, 6) is 2.41. The molecular formula is C14H19N3S2. The van der Waals surface area contributed by atoms with Crippen LogP contribution in [0.1, 0.15) is 33.8 Å². The molecule has 1 unspecified atom stereocenters. The van der Waals surface area contributed by atoms with Crippen molar-refractivity contribution in [3.8, 4) is 0 Å². The third-order valence-corrected chi connectivity index (χ3v) is 5.86. The van der Waals surface area contributed by atoms with Crippen molar-refractivity contribution in [2.45, 2.75) is 38.1 Å². The first-order valence-corrected chi connectivity index (χ1v) is 8.69. The van der Waals surface area contributed by atoms with Crippen LogP contribution in [0.15, 0.2) is 18.5 Å². The van der Waals surface area contributed by atoms with Gasteiger partial charge >= 0.3 is 0 Å². The highest BCUT2D eigenvalue weighted by atomic mass is 32.2. The third kappa shape index (κ3) is 2.88. The van der Waals surface area contributed by atoms with Gasteiger partial charge in [-0.05, 0) is 42.7 Å². The molecule has 19 heavy (non-hydrogen) atoms. The number of thioether (sulfide) groups is 1. The first kappa shape index (κ1) is 13.2. The minimum Gasteiger partial charge on any atom is -0.323 e. The number of thiophene rings is 1. The van der Waals surface area contributed by atoms with Crippen LogP contribution in [0.4, 0.5) is 0 Å². The van der Waals surface area contributed by atoms with Crippen LogP contribution in [-0.4, -0.2) is 15.5 Å². The summed E-state index contributed by atoms with van der Waals surface area (Å²) in [6.45, 7) is 3.02. The lowest BCUT2D eigenvalue weighted by Crippen LogP contribution is -2.11. The Bertz CT molecular complexity index is 535. The topological polar surface area (TPSA) is 43.8 Å². The molecule has 3 nitrogen and oxygen atoms in total. The number of fused-ring (bicyclic) bond motifs is 1. The minimum absolute atomic E-state index is 0.107. The van der Waals surface area contributed by atoms with Gasteiger partial charge in [-0.25, -0.2) is 0 Å². The quantitative estimate of drug-likeness (QED) is 0.942. The molecule has 0 aliphatic carbocycles. The molecule has 1 aliphatic rings. The number of hydrogen-bond acceptors (Lipinski definition) is 4. The second kappa shape index (κ2) is 5.69. The maximum atomic E-state index is 6.36. The van der Waals surface area contributed by atoms with Gasteiger partial charge in [-0.2, -0.15) is 16.9 Å². The molecule has 2 aromatic heterocycles. The van der Waals surface area contributed by atoms with Gasteiger partial charge in [0.2, 0.25) is 0 Å². The van der Waals surface area contributed by atoms with Gasteiger partial charge in [-0.1, -0.05) is 0 Å². The Morgan fingerprint density at radius 3 is 3.16 bits per heavy atom. The molecule has 0 fully saturated rings. The highest BCUT2D eigenvalue weighted by Crippen LogP contribution is 2.34. The van der Waals surface area contributed by atoms with E-state index in [9.17, 15) is 0 Å². The zero-order chi connectivity index (χ0) is 13.2. The van der Waals surface area contributed by atoms with Gasteiger partial charge in [-0.3, -0.25) is 4.68 Å². The lowest BCUT2D eigenvalue weighted by atomic mass is 10.1. The lowest BCUT2D eigenvalue weighted by Gasteiger charge is -2.08. The predicted molar refractivity (Wildman–Crippen MR) is 82.7 cm³/mol. The molecule has 0 aromatic carbocycles. The van der Waals surface area contributed by atoms with Crippen LogP contribution in [0, 0.1) is 0 Å². The molecule has 3 rings (SSSR count). The zero-order valence-electron chi connectivity index (χ0n) is 11.1. The van der Waals surface area contributed by atoms with Crippen LogP contribution >= 0.6 is 23.1 Å². The first-order chi connectivity index (χ1) is 9.26. The molecule has 0 saturated heterocycles. The lowest BCUT2D eigenvalue weighted by molar-refractivity contribution is 0.657. The SMILES string of the molecule is CCn1cc(CC(N)c2cc3c(s2)CCSC3)cn1. The van der Waals surface area contributed by atoms with E-state index in [1.165, 1.54) is 28.2 Å². The molecule has 3 heterocycles. The Balaban J connectivity index is 1.72. The van der Waals surface area contributed by atoms with E-state index in [0.29, 0.717) is 0 Å². The van der Waals surface area contributed by atoms with E-state index in [-0.39, 0.29) is 6.04 Å². The van der Waals surface area contributed by atoms with E-state index in [4.69, 9.17) is 5.73 Å². The zero-order valence-corrected chi connectivity index (χ0v) is 12.8. The summed E-state index contributed by atoms with van der Waals surface area (Å²) >= 11 is 3.94. The number of nitrogens with two attached hydrogens (primary N) is 1. The Hall–Kier alpha value is -0.780. The average Bonchev–Trinajstić information content (AvgIpc) is 3.04. The van der Waals surface area contributed by atoms with E-state index in [1.54, 1.807) is 4.88 Å². The Labute approximate surface area is 122 Å². The van der Waals surface area contributed by atoms with Gasteiger partial charge in [0, 0.05) is 34.3 Å². The molecule has 1 aliphatic heterocycles. The van der Waals surface area contributed by atoms with Crippen LogP contribution in [0.5, 0.6) is 0 Å². The monoisotopic (exact) mass is 293 g/mol. The van der Waals surface area contributed by atoms with Crippen LogP contribution in [0.3, 0.4) is 0 Å². The van der Waals surface area contributed by atoms with E-state index < -0.39 is 0 Å². The van der Waals surface area contributed by atoms with Crippen molar-refractivity contribution >= 4 is 23.1 Å². The summed E-state index contributed by atoms with van der Waals surface area (Å²) < 4.78 is 1.96. The molecule has 0 radical (unpaired) electrons. The Morgan fingerprint density at radius 1 is 1.53 bits per heavy atom. The highest BCUT2D eigenvalue weighted by molar-refractivity contribution is 7.98. The Kier molecular flexibility index (Phi) is 3.96. The number of hydrogen-bond donors (Lipinski definition) is 1. The number of rotatable bonds is 4. The van der Waals surface area contributed by atoms with Crippen molar-refractivity contribution in [2.75, 3.05) is 5.75 Å². The fourth-order valence-corrected chi connectivity index (χ4v) is 4.77. The summed E-state index contributed by atoms with van der Waals surface area (Å²) in [5, 5.41) is 4.31. The van der Waals surface area contributed by atoms with E-state index in [0.717, 1.165) is 18.7 Å². The molecule has 2 N–H and O–H groups in total. The highest BCUT2D eigenvalue weighted by Gasteiger charge is 2.17. The van der Waals surface area contributed by atoms with Crippen molar-refractivity contribution in [3.63, 3.8) is 0 Å². The van der Waals surface area contributed by atoms with Crippen molar-refractivity contribution in [1.82, 2.24) is 9.78 Å². The van der Waals surface area contributed by atoms with Gasteiger partial charge < -0.3 is 5.73 Å². The van der Waals surface area contributed by atoms with E-state index >= 15 is 0 Å². The van der Waals surface area contributed by atoms with Gasteiger partial charge in [0.05, 0.1) is 6.20 Å². The molecule has 0 saturated carbocycles. The first-order valence-electron chi connectivity index (χ1n) is 6.72. The molecule has 1 atom stereocenters. The molecule has 102 valence electrons. The average molecular weight is 293 g/mol. The van der Waals surface area contributed by atoms with E-state index in [1.807, 2.05) is 34.0 Å². The largest absolute Gasteiger partial charge is 0.323 e. The third-order valence-electron chi connectivity index (χ3n) is 3.48. The molecule has 0 amide bonds. The van der Waals surface area contributed by atoms with Crippen molar-refractivity contribution in [2.24, 2.45) is 5.73 Å². The van der Waals surface area contributed by atoms with Crippen molar-refractivity contribution in [1.29, 1.82) is 0 Å². The van der Waals surface area contributed by atoms with Crippen molar-refractivity contribution < 1.29 is 0 Å². The van der Waals surface area contributed by atoms with Crippen LogP contribution in [0.2, 0.25) is 0 Å². The van der Waals surface area contributed by atoms with Crippen LogP contribution in [-0.2, 0) is 25.1 Å². The van der Waals surface area contributed by atoms with Gasteiger partial charge in [-0.15, -0.1) is 11.3 Å². The van der Waals surface area contributed by atoms with Crippen LogP contribution in [0.25, 0.3) is 0 Å². The van der Waals surface area contributed by atoms with Crippen molar-refractivity contribution in [3.05, 3.63) is 39.3 Å². The normalized spacial score (nSPS) is 16.3. The van der Waals surface area contributed by atoms with Gasteiger partial charge in [0.15, 0.2) is 0 Å². The number of aryl methyl sites for hydroxylation is 2. The molecular weight excluding hydrogens is 274 g/mol. The summed E-state index contributed by atoms with van der Waals surface area (Å²) in [6, 6.07) is 2.43. The summed E-state index contributed by atoms with van der Waals surface area (Å²) in [4.78, 5) is 2.88. The summed E-state index contributed by atoms with van der Waals surface area (Å²) in [7, 11) is 0. The van der Waals surface area contributed by atoms with Gasteiger partial charge in [0.1, 0.15) is 0 Å². The Morgan fingerprint density at radius 2 is 2.42 bits per heavy atom.